The second-order valence-corrected chi connectivity index (χ2v) is 6.20. The Morgan fingerprint density at radius 1 is 1.38 bits per heavy atom. The highest BCUT2D eigenvalue weighted by Gasteiger charge is 2.14. The molecule has 1 aromatic carbocycles. The minimum absolute atomic E-state index is 0.166. The number of benzene rings is 1. The first-order valence-corrected chi connectivity index (χ1v) is 7.85. The molecule has 0 bridgehead atoms. The number of hydrogen-bond donors (Lipinski definition) is 1. The molecular formula is C15H18ClNO3S. The van der Waals surface area contributed by atoms with Gasteiger partial charge < -0.3 is 14.6 Å². The Bertz CT molecular complexity index is 588. The van der Waals surface area contributed by atoms with E-state index in [9.17, 15) is 5.11 Å². The van der Waals surface area contributed by atoms with Gasteiger partial charge in [-0.05, 0) is 6.07 Å². The van der Waals surface area contributed by atoms with Gasteiger partial charge in [0.2, 0.25) is 0 Å². The summed E-state index contributed by atoms with van der Waals surface area (Å²) in [6, 6.07) is 3.33. The summed E-state index contributed by atoms with van der Waals surface area (Å²) in [5.74, 6) is 1.41. The smallest absolute Gasteiger partial charge is 0.167 e. The average Bonchev–Trinajstić information content (AvgIpc) is 2.94. The van der Waals surface area contributed by atoms with Crippen LogP contribution in [-0.2, 0) is 13.2 Å². The second-order valence-electron chi connectivity index (χ2n) is 4.87. The Kier molecular flexibility index (Phi) is 5.45. The lowest BCUT2D eigenvalue weighted by molar-refractivity contribution is 0.248. The average molecular weight is 328 g/mol. The molecule has 0 spiro atoms. The zero-order valence-corrected chi connectivity index (χ0v) is 13.8. The van der Waals surface area contributed by atoms with Crippen LogP contribution in [0.3, 0.4) is 0 Å². The molecule has 0 radical (unpaired) electrons. The Labute approximate surface area is 133 Å². The molecule has 114 valence electrons. The summed E-state index contributed by atoms with van der Waals surface area (Å²) in [6.45, 7) is 4.37. The summed E-state index contributed by atoms with van der Waals surface area (Å²) < 4.78 is 11.0. The Balaban J connectivity index is 2.18. The predicted molar refractivity (Wildman–Crippen MR) is 84.5 cm³/mol. The van der Waals surface area contributed by atoms with Crippen LogP contribution >= 0.6 is 22.9 Å². The molecule has 4 nitrogen and oxygen atoms in total. The van der Waals surface area contributed by atoms with E-state index < -0.39 is 0 Å². The Morgan fingerprint density at radius 3 is 2.71 bits per heavy atom. The van der Waals surface area contributed by atoms with Gasteiger partial charge in [0.25, 0.3) is 0 Å². The first-order chi connectivity index (χ1) is 10.0. The summed E-state index contributed by atoms with van der Waals surface area (Å²) in [7, 11) is 1.54. The van der Waals surface area contributed by atoms with Crippen molar-refractivity contribution in [1.29, 1.82) is 0 Å². The van der Waals surface area contributed by atoms with Crippen molar-refractivity contribution in [2.75, 3.05) is 7.11 Å². The van der Waals surface area contributed by atoms with Crippen molar-refractivity contribution in [2.24, 2.45) is 0 Å². The highest BCUT2D eigenvalue weighted by molar-refractivity contribution is 7.09. The maximum atomic E-state index is 9.43. The minimum Gasteiger partial charge on any atom is -0.493 e. The summed E-state index contributed by atoms with van der Waals surface area (Å²) in [4.78, 5) is 4.52. The van der Waals surface area contributed by atoms with Gasteiger partial charge in [-0.2, -0.15) is 0 Å². The number of hydrogen-bond acceptors (Lipinski definition) is 5. The quantitative estimate of drug-likeness (QED) is 0.871. The summed E-state index contributed by atoms with van der Waals surface area (Å²) in [5.41, 5.74) is 1.46. The van der Waals surface area contributed by atoms with Crippen LogP contribution in [0.25, 0.3) is 0 Å². The molecule has 0 aliphatic heterocycles. The lowest BCUT2D eigenvalue weighted by Crippen LogP contribution is -2.02. The topological polar surface area (TPSA) is 51.6 Å². The summed E-state index contributed by atoms with van der Waals surface area (Å²) >= 11 is 7.60. The van der Waals surface area contributed by atoms with Crippen molar-refractivity contribution in [3.63, 3.8) is 0 Å². The van der Waals surface area contributed by atoms with E-state index in [2.05, 4.69) is 18.8 Å². The number of thiazole rings is 1. The first kappa shape index (κ1) is 16.1. The van der Waals surface area contributed by atoms with E-state index in [1.54, 1.807) is 30.6 Å². The highest BCUT2D eigenvalue weighted by atomic mass is 35.5. The molecule has 6 heteroatoms. The lowest BCUT2D eigenvalue weighted by Gasteiger charge is -2.14. The fourth-order valence-corrected chi connectivity index (χ4v) is 2.91. The van der Waals surface area contributed by atoms with E-state index in [1.165, 1.54) is 0 Å². The zero-order valence-electron chi connectivity index (χ0n) is 12.2. The Hall–Kier alpha value is -1.30. The molecule has 1 heterocycles. The van der Waals surface area contributed by atoms with Gasteiger partial charge in [-0.1, -0.05) is 25.4 Å². The van der Waals surface area contributed by atoms with E-state index in [0.717, 1.165) is 10.7 Å². The lowest BCUT2D eigenvalue weighted by atomic mass is 10.2. The van der Waals surface area contributed by atoms with E-state index in [1.807, 2.05) is 5.38 Å². The maximum absolute atomic E-state index is 9.43. The van der Waals surface area contributed by atoms with Gasteiger partial charge >= 0.3 is 0 Å². The van der Waals surface area contributed by atoms with Crippen molar-refractivity contribution in [3.8, 4) is 11.5 Å². The van der Waals surface area contributed by atoms with E-state index in [4.69, 9.17) is 21.1 Å². The summed E-state index contributed by atoms with van der Waals surface area (Å²) in [6.07, 6.45) is 0. The monoisotopic (exact) mass is 327 g/mol. The van der Waals surface area contributed by atoms with Crippen LogP contribution in [0.1, 0.15) is 36.0 Å². The van der Waals surface area contributed by atoms with Crippen molar-refractivity contribution >= 4 is 22.9 Å². The van der Waals surface area contributed by atoms with Crippen molar-refractivity contribution in [2.45, 2.75) is 33.0 Å². The number of rotatable bonds is 6. The van der Waals surface area contributed by atoms with Crippen molar-refractivity contribution < 1.29 is 14.6 Å². The predicted octanol–water partition coefficient (Wildman–Crippen LogP) is 4.00. The van der Waals surface area contributed by atoms with Crippen LogP contribution < -0.4 is 9.47 Å². The molecule has 1 N–H and O–H groups in total. The molecule has 1 aromatic heterocycles. The van der Waals surface area contributed by atoms with Gasteiger partial charge in [-0.15, -0.1) is 11.3 Å². The first-order valence-electron chi connectivity index (χ1n) is 6.59. The zero-order chi connectivity index (χ0) is 15.4. The molecule has 0 aliphatic rings. The van der Waals surface area contributed by atoms with Crippen LogP contribution in [0, 0.1) is 0 Å². The van der Waals surface area contributed by atoms with Crippen LogP contribution in [0.4, 0.5) is 0 Å². The van der Waals surface area contributed by atoms with Gasteiger partial charge in [-0.25, -0.2) is 4.98 Å². The number of aliphatic hydroxyl groups excluding tert-OH is 1. The summed E-state index contributed by atoms with van der Waals surface area (Å²) in [5, 5.41) is 13.0. The number of aliphatic hydroxyl groups is 1. The number of nitrogens with zero attached hydrogens (tertiary/aromatic N) is 1. The van der Waals surface area contributed by atoms with Crippen LogP contribution in [0.5, 0.6) is 11.5 Å². The number of aromatic nitrogens is 1. The molecule has 21 heavy (non-hydrogen) atoms. The third-order valence-corrected chi connectivity index (χ3v) is 4.33. The molecule has 0 saturated heterocycles. The van der Waals surface area contributed by atoms with Gasteiger partial charge in [0, 0.05) is 28.0 Å². The fourth-order valence-electron chi connectivity index (χ4n) is 1.86. The molecule has 0 aliphatic carbocycles. The fraction of sp³-hybridized carbons (Fsp3) is 0.400. The maximum Gasteiger partial charge on any atom is 0.167 e. The largest absolute Gasteiger partial charge is 0.493 e. The number of ether oxygens (including phenoxy) is 2. The molecule has 2 aromatic rings. The van der Waals surface area contributed by atoms with E-state index in [-0.39, 0.29) is 6.61 Å². The highest BCUT2D eigenvalue weighted by Crippen LogP contribution is 2.35. The SMILES string of the molecule is COc1cc(Cl)cc(CO)c1OCc1csc(C(C)C)n1. The molecule has 0 unspecified atom stereocenters. The molecule has 0 atom stereocenters. The van der Waals surface area contributed by atoms with Crippen LogP contribution in [-0.4, -0.2) is 17.2 Å². The normalized spacial score (nSPS) is 11.0. The van der Waals surface area contributed by atoms with Gasteiger partial charge in [0.15, 0.2) is 11.5 Å². The van der Waals surface area contributed by atoms with E-state index in [0.29, 0.717) is 34.6 Å². The third-order valence-electron chi connectivity index (χ3n) is 2.91. The van der Waals surface area contributed by atoms with Crippen molar-refractivity contribution in [1.82, 2.24) is 4.98 Å². The molecule has 0 amide bonds. The minimum atomic E-state index is -0.166. The standard InChI is InChI=1S/C15H18ClNO3S/c1-9(2)15-17-12(8-21-15)7-20-14-10(6-18)4-11(16)5-13(14)19-3/h4-5,8-9,18H,6-7H2,1-3H3. The molecular weight excluding hydrogens is 310 g/mol. The number of halogens is 1. The molecule has 2 rings (SSSR count). The second kappa shape index (κ2) is 7.11. The van der Waals surface area contributed by atoms with Gasteiger partial charge in [-0.3, -0.25) is 0 Å². The van der Waals surface area contributed by atoms with Crippen LogP contribution in [0.15, 0.2) is 17.5 Å². The van der Waals surface area contributed by atoms with Crippen LogP contribution in [0.2, 0.25) is 5.02 Å². The Morgan fingerprint density at radius 2 is 2.14 bits per heavy atom. The third kappa shape index (κ3) is 3.87. The van der Waals surface area contributed by atoms with E-state index >= 15 is 0 Å². The molecule has 0 saturated carbocycles. The van der Waals surface area contributed by atoms with Crippen molar-refractivity contribution in [3.05, 3.63) is 38.8 Å². The molecule has 0 fully saturated rings. The van der Waals surface area contributed by atoms with Gasteiger partial charge in [0.05, 0.1) is 24.4 Å². The van der Waals surface area contributed by atoms with Gasteiger partial charge in [0.1, 0.15) is 6.61 Å². The number of methoxy groups -OCH3 is 1.